The molecule has 102 valence electrons. The lowest BCUT2D eigenvalue weighted by Crippen LogP contribution is -2.15. The van der Waals surface area contributed by atoms with Gasteiger partial charge in [-0.3, -0.25) is 4.79 Å². The van der Waals surface area contributed by atoms with Crippen LogP contribution in [0.5, 0.6) is 0 Å². The number of nitrogens with one attached hydrogen (secondary N) is 1. The first kappa shape index (κ1) is 13.9. The van der Waals surface area contributed by atoms with Gasteiger partial charge < -0.3 is 16.2 Å². The first-order valence-corrected chi connectivity index (χ1v) is 6.05. The summed E-state index contributed by atoms with van der Waals surface area (Å²) in [6, 6.07) is 10.7. The maximum Gasteiger partial charge on any atom is 0.337 e. The molecule has 6 heteroatoms. The third-order valence-corrected chi connectivity index (χ3v) is 2.97. The molecule has 0 spiro atoms. The van der Waals surface area contributed by atoms with E-state index in [2.05, 4.69) is 5.32 Å². The average Bonchev–Trinajstić information content (AvgIpc) is 2.41. The molecule has 0 bridgehead atoms. The summed E-state index contributed by atoms with van der Waals surface area (Å²) in [5.74, 6) is -1.66. The summed E-state index contributed by atoms with van der Waals surface area (Å²) in [5.41, 5.74) is 6.19. The van der Waals surface area contributed by atoms with Crippen LogP contribution in [0.15, 0.2) is 42.5 Å². The molecule has 0 aromatic heterocycles. The molecule has 0 radical (unpaired) electrons. The number of halogens is 1. The van der Waals surface area contributed by atoms with Crippen molar-refractivity contribution in [2.24, 2.45) is 0 Å². The van der Waals surface area contributed by atoms with Gasteiger partial charge in [0, 0.05) is 5.69 Å². The second-order valence-corrected chi connectivity index (χ2v) is 4.45. The normalized spacial score (nSPS) is 10.1. The number of nitrogen functional groups attached to an aromatic ring is 1. The van der Waals surface area contributed by atoms with E-state index in [1.165, 1.54) is 18.2 Å². The topological polar surface area (TPSA) is 92.4 Å². The number of anilines is 2. The van der Waals surface area contributed by atoms with E-state index < -0.39 is 11.9 Å². The van der Waals surface area contributed by atoms with Gasteiger partial charge in [-0.1, -0.05) is 23.7 Å². The summed E-state index contributed by atoms with van der Waals surface area (Å²) in [4.78, 5) is 23.2. The minimum absolute atomic E-state index is 0.0783. The smallest absolute Gasteiger partial charge is 0.337 e. The third-order valence-electron chi connectivity index (χ3n) is 2.64. The van der Waals surface area contributed by atoms with Crippen LogP contribution in [0.25, 0.3) is 0 Å². The molecule has 0 saturated carbocycles. The highest BCUT2D eigenvalue weighted by Crippen LogP contribution is 2.21. The maximum absolute atomic E-state index is 12.1. The molecule has 2 rings (SSSR count). The van der Waals surface area contributed by atoms with Crippen molar-refractivity contribution < 1.29 is 14.7 Å². The molecule has 0 atom stereocenters. The van der Waals surface area contributed by atoms with Gasteiger partial charge in [-0.2, -0.15) is 0 Å². The van der Waals surface area contributed by atoms with Gasteiger partial charge in [-0.25, -0.2) is 4.79 Å². The van der Waals surface area contributed by atoms with Crippen LogP contribution >= 0.6 is 11.6 Å². The van der Waals surface area contributed by atoms with Crippen LogP contribution in [0.1, 0.15) is 20.7 Å². The summed E-state index contributed by atoms with van der Waals surface area (Å²) in [6.45, 7) is 0. The zero-order valence-electron chi connectivity index (χ0n) is 10.3. The van der Waals surface area contributed by atoms with E-state index in [1.54, 1.807) is 24.3 Å². The van der Waals surface area contributed by atoms with Crippen LogP contribution in [0.4, 0.5) is 11.4 Å². The van der Waals surface area contributed by atoms with Crippen molar-refractivity contribution in [3.63, 3.8) is 0 Å². The number of nitrogens with two attached hydrogens (primary N) is 1. The Hall–Kier alpha value is -2.53. The molecule has 0 unspecified atom stereocenters. The molecule has 20 heavy (non-hydrogen) atoms. The summed E-state index contributed by atoms with van der Waals surface area (Å²) in [7, 11) is 0. The van der Waals surface area contributed by atoms with Crippen LogP contribution in [0.3, 0.4) is 0 Å². The Morgan fingerprint density at radius 1 is 1.10 bits per heavy atom. The minimum atomic E-state index is -1.17. The number of carbonyl (C=O) groups is 2. The fourth-order valence-electron chi connectivity index (χ4n) is 1.68. The molecule has 0 aliphatic rings. The van der Waals surface area contributed by atoms with Crippen LogP contribution in [0.2, 0.25) is 5.02 Å². The number of carboxylic acid groups (broad SMARTS) is 1. The molecule has 0 aliphatic carbocycles. The summed E-state index contributed by atoms with van der Waals surface area (Å²) >= 11 is 5.92. The minimum Gasteiger partial charge on any atom is -0.478 e. The van der Waals surface area contributed by atoms with Gasteiger partial charge in [0.2, 0.25) is 0 Å². The average molecular weight is 291 g/mol. The van der Waals surface area contributed by atoms with E-state index in [9.17, 15) is 9.59 Å². The van der Waals surface area contributed by atoms with Crippen molar-refractivity contribution in [2.45, 2.75) is 0 Å². The predicted octanol–water partition coefficient (Wildman–Crippen LogP) is 2.87. The highest BCUT2D eigenvalue weighted by Gasteiger charge is 2.15. The van der Waals surface area contributed by atoms with Crippen LogP contribution < -0.4 is 11.1 Å². The van der Waals surface area contributed by atoms with E-state index in [0.717, 1.165) is 0 Å². The standard InChI is InChI=1S/C14H11ClN2O3/c15-11-4-2-1-3-9(11)13(18)17-12-6-5-8(16)7-10(12)14(19)20/h1-7H,16H2,(H,17,18)(H,19,20). The zero-order chi connectivity index (χ0) is 14.7. The highest BCUT2D eigenvalue weighted by atomic mass is 35.5. The molecule has 0 fully saturated rings. The second kappa shape index (κ2) is 5.63. The van der Waals surface area contributed by atoms with E-state index in [0.29, 0.717) is 5.69 Å². The number of benzene rings is 2. The molecule has 4 N–H and O–H groups in total. The van der Waals surface area contributed by atoms with Gasteiger partial charge in [0.25, 0.3) is 5.91 Å². The van der Waals surface area contributed by atoms with Crippen LogP contribution in [0, 0.1) is 0 Å². The second-order valence-electron chi connectivity index (χ2n) is 4.04. The van der Waals surface area contributed by atoms with Gasteiger partial charge in [-0.05, 0) is 30.3 Å². The molecule has 0 saturated heterocycles. The van der Waals surface area contributed by atoms with Crippen molar-refractivity contribution in [1.29, 1.82) is 0 Å². The predicted molar refractivity (Wildman–Crippen MR) is 77.2 cm³/mol. The number of hydrogen-bond acceptors (Lipinski definition) is 3. The van der Waals surface area contributed by atoms with Gasteiger partial charge in [0.15, 0.2) is 0 Å². The van der Waals surface area contributed by atoms with Crippen molar-refractivity contribution in [3.05, 3.63) is 58.6 Å². The molecule has 2 aromatic carbocycles. The quantitative estimate of drug-likeness (QED) is 0.758. The first-order valence-electron chi connectivity index (χ1n) is 5.67. The molecule has 1 amide bonds. The third kappa shape index (κ3) is 2.89. The van der Waals surface area contributed by atoms with E-state index in [-0.39, 0.29) is 21.8 Å². The Labute approximate surface area is 120 Å². The lowest BCUT2D eigenvalue weighted by molar-refractivity contribution is 0.0698. The highest BCUT2D eigenvalue weighted by molar-refractivity contribution is 6.34. The molecular weight excluding hydrogens is 280 g/mol. The summed E-state index contributed by atoms with van der Waals surface area (Å²) < 4.78 is 0. The maximum atomic E-state index is 12.1. The SMILES string of the molecule is Nc1ccc(NC(=O)c2ccccc2Cl)c(C(=O)O)c1. The van der Waals surface area contributed by atoms with E-state index in [1.807, 2.05) is 0 Å². The zero-order valence-corrected chi connectivity index (χ0v) is 11.0. The molecule has 0 aliphatic heterocycles. The Balaban J connectivity index is 2.33. The number of aromatic carboxylic acids is 1. The Morgan fingerprint density at radius 3 is 2.45 bits per heavy atom. The van der Waals surface area contributed by atoms with E-state index in [4.69, 9.17) is 22.4 Å². The first-order chi connectivity index (χ1) is 9.49. The Morgan fingerprint density at radius 2 is 1.80 bits per heavy atom. The van der Waals surface area contributed by atoms with Crippen molar-refractivity contribution >= 4 is 34.9 Å². The van der Waals surface area contributed by atoms with Crippen molar-refractivity contribution in [2.75, 3.05) is 11.1 Å². The molecule has 2 aromatic rings. The van der Waals surface area contributed by atoms with Gasteiger partial charge in [0.1, 0.15) is 0 Å². The van der Waals surface area contributed by atoms with Gasteiger partial charge in [0.05, 0.1) is 21.8 Å². The fourth-order valence-corrected chi connectivity index (χ4v) is 1.90. The van der Waals surface area contributed by atoms with Gasteiger partial charge in [-0.15, -0.1) is 0 Å². The van der Waals surface area contributed by atoms with Crippen LogP contribution in [-0.2, 0) is 0 Å². The lowest BCUT2D eigenvalue weighted by Gasteiger charge is -2.10. The number of amides is 1. The summed E-state index contributed by atoms with van der Waals surface area (Å²) in [6.07, 6.45) is 0. The molecular formula is C14H11ClN2O3. The largest absolute Gasteiger partial charge is 0.478 e. The number of carboxylic acids is 1. The monoisotopic (exact) mass is 290 g/mol. The Kier molecular flexibility index (Phi) is 3.91. The van der Waals surface area contributed by atoms with Crippen molar-refractivity contribution in [1.82, 2.24) is 0 Å². The Bertz CT molecular complexity index is 686. The van der Waals surface area contributed by atoms with Crippen LogP contribution in [-0.4, -0.2) is 17.0 Å². The number of rotatable bonds is 3. The van der Waals surface area contributed by atoms with E-state index >= 15 is 0 Å². The summed E-state index contributed by atoms with van der Waals surface area (Å²) in [5, 5.41) is 11.9. The molecule has 0 heterocycles. The van der Waals surface area contributed by atoms with Crippen molar-refractivity contribution in [3.8, 4) is 0 Å². The molecule has 5 nitrogen and oxygen atoms in total. The fraction of sp³-hybridized carbons (Fsp3) is 0. The number of hydrogen-bond donors (Lipinski definition) is 3. The number of carbonyl (C=O) groups excluding carboxylic acids is 1. The van der Waals surface area contributed by atoms with Gasteiger partial charge >= 0.3 is 5.97 Å². The lowest BCUT2D eigenvalue weighted by atomic mass is 10.1.